The van der Waals surface area contributed by atoms with Gasteiger partial charge in [0, 0.05) is 10.6 Å². The largest absolute Gasteiger partial charge is 0.482 e. The lowest BCUT2D eigenvalue weighted by Crippen LogP contribution is -2.32. The van der Waals surface area contributed by atoms with Crippen LogP contribution in [-0.4, -0.2) is 24.9 Å². The number of rotatable bonds is 1. The van der Waals surface area contributed by atoms with Gasteiger partial charge in [0.15, 0.2) is 6.10 Å². The van der Waals surface area contributed by atoms with E-state index < -0.39 is 0 Å². The molecule has 1 aliphatic rings. The highest BCUT2D eigenvalue weighted by Gasteiger charge is 2.24. The predicted octanol–water partition coefficient (Wildman–Crippen LogP) is 2.16. The highest BCUT2D eigenvalue weighted by molar-refractivity contribution is 7.99. The molecule has 4 heteroatoms. The molecule has 0 aromatic heterocycles. The Bertz CT molecular complexity index is 354. The zero-order valence-corrected chi connectivity index (χ0v) is 8.64. The number of para-hydroxylation sites is 1. The van der Waals surface area contributed by atoms with Gasteiger partial charge in [0.2, 0.25) is 5.90 Å². The van der Waals surface area contributed by atoms with Gasteiger partial charge in [-0.3, -0.25) is 5.41 Å². The average molecular weight is 209 g/mol. The third kappa shape index (κ3) is 1.70. The van der Waals surface area contributed by atoms with Gasteiger partial charge in [-0.1, -0.05) is 12.1 Å². The van der Waals surface area contributed by atoms with Crippen LogP contribution in [0.25, 0.3) is 0 Å². The van der Waals surface area contributed by atoms with E-state index in [1.54, 1.807) is 11.8 Å². The van der Waals surface area contributed by atoms with E-state index in [0.29, 0.717) is 0 Å². The molecule has 0 aliphatic carbocycles. The highest BCUT2D eigenvalue weighted by Crippen LogP contribution is 2.35. The molecule has 0 fully saturated rings. The molecule has 1 aromatic rings. The van der Waals surface area contributed by atoms with E-state index in [9.17, 15) is 0 Å². The Morgan fingerprint density at radius 1 is 1.57 bits per heavy atom. The van der Waals surface area contributed by atoms with Gasteiger partial charge in [0.25, 0.3) is 0 Å². The first-order chi connectivity index (χ1) is 6.81. The summed E-state index contributed by atoms with van der Waals surface area (Å²) in [5.74, 6) is 1.77. The Hall–Kier alpha value is -1.16. The van der Waals surface area contributed by atoms with Gasteiger partial charge in [0.05, 0.1) is 7.11 Å². The molecule has 0 spiro atoms. The van der Waals surface area contributed by atoms with Crippen LogP contribution < -0.4 is 4.74 Å². The molecule has 1 aromatic carbocycles. The summed E-state index contributed by atoms with van der Waals surface area (Å²) >= 11 is 1.69. The molecule has 74 valence electrons. The van der Waals surface area contributed by atoms with Crippen molar-refractivity contribution in [1.82, 2.24) is 0 Å². The first kappa shape index (κ1) is 9.40. The van der Waals surface area contributed by atoms with Crippen molar-refractivity contribution in [1.29, 1.82) is 5.41 Å². The van der Waals surface area contributed by atoms with Crippen molar-refractivity contribution in [3.63, 3.8) is 0 Å². The molecule has 3 nitrogen and oxygen atoms in total. The van der Waals surface area contributed by atoms with Crippen LogP contribution in [-0.2, 0) is 4.74 Å². The van der Waals surface area contributed by atoms with E-state index in [4.69, 9.17) is 14.9 Å². The number of thioether (sulfide) groups is 1. The molecule has 0 saturated carbocycles. The average Bonchev–Trinajstić information content (AvgIpc) is 2.27. The van der Waals surface area contributed by atoms with E-state index in [-0.39, 0.29) is 12.0 Å². The molecular weight excluding hydrogens is 198 g/mol. The van der Waals surface area contributed by atoms with Crippen molar-refractivity contribution in [2.45, 2.75) is 11.0 Å². The van der Waals surface area contributed by atoms with Crippen LogP contribution in [0.2, 0.25) is 0 Å². The van der Waals surface area contributed by atoms with Gasteiger partial charge in [0.1, 0.15) is 5.75 Å². The summed E-state index contributed by atoms with van der Waals surface area (Å²) in [5, 5.41) is 7.51. The summed E-state index contributed by atoms with van der Waals surface area (Å²) in [4.78, 5) is 1.13. The maximum absolute atomic E-state index is 7.51. The van der Waals surface area contributed by atoms with E-state index in [0.717, 1.165) is 16.4 Å². The van der Waals surface area contributed by atoms with Gasteiger partial charge in [-0.05, 0) is 12.1 Å². The highest BCUT2D eigenvalue weighted by atomic mass is 32.2. The molecule has 0 bridgehead atoms. The molecule has 1 N–H and O–H groups in total. The summed E-state index contributed by atoms with van der Waals surface area (Å²) in [6, 6.07) is 7.85. The molecule has 0 saturated heterocycles. The fraction of sp³-hybridized carbons (Fsp3) is 0.300. The second-order valence-corrected chi connectivity index (χ2v) is 3.99. The lowest BCUT2D eigenvalue weighted by atomic mass is 10.3. The summed E-state index contributed by atoms with van der Waals surface area (Å²) in [5.41, 5.74) is 0. The van der Waals surface area contributed by atoms with Crippen molar-refractivity contribution < 1.29 is 9.47 Å². The van der Waals surface area contributed by atoms with Crippen LogP contribution in [0.15, 0.2) is 29.2 Å². The first-order valence-corrected chi connectivity index (χ1v) is 5.30. The molecular formula is C10H11NO2S. The SMILES string of the molecule is COC(=N)C1CSc2ccccc2O1. The van der Waals surface area contributed by atoms with Gasteiger partial charge in [-0.25, -0.2) is 0 Å². The third-order valence-electron chi connectivity index (χ3n) is 2.02. The zero-order valence-electron chi connectivity index (χ0n) is 7.82. The van der Waals surface area contributed by atoms with Crippen molar-refractivity contribution >= 4 is 17.7 Å². The summed E-state index contributed by atoms with van der Waals surface area (Å²) in [7, 11) is 1.50. The van der Waals surface area contributed by atoms with Crippen LogP contribution in [0, 0.1) is 5.41 Å². The minimum atomic E-state index is -0.250. The van der Waals surface area contributed by atoms with Crippen LogP contribution >= 0.6 is 11.8 Å². The van der Waals surface area contributed by atoms with Crippen LogP contribution in [0.1, 0.15) is 0 Å². The standard InChI is InChI=1S/C10H11NO2S/c1-12-10(11)8-6-14-9-5-3-2-4-7(9)13-8/h2-5,8,11H,6H2,1H3. The van der Waals surface area contributed by atoms with Crippen molar-refractivity contribution in [3.8, 4) is 5.75 Å². The number of hydrogen-bond donors (Lipinski definition) is 1. The van der Waals surface area contributed by atoms with Crippen molar-refractivity contribution in [2.75, 3.05) is 12.9 Å². The Labute approximate surface area is 86.9 Å². The molecule has 1 unspecified atom stereocenters. The Morgan fingerprint density at radius 3 is 3.14 bits per heavy atom. The number of benzene rings is 1. The number of ether oxygens (including phenoxy) is 2. The molecule has 1 aliphatic heterocycles. The second kappa shape index (κ2) is 3.92. The van der Waals surface area contributed by atoms with Crippen LogP contribution in [0.3, 0.4) is 0 Å². The fourth-order valence-corrected chi connectivity index (χ4v) is 2.26. The Balaban J connectivity index is 2.17. The third-order valence-corrected chi connectivity index (χ3v) is 3.14. The lowest BCUT2D eigenvalue weighted by molar-refractivity contribution is 0.234. The monoisotopic (exact) mass is 209 g/mol. The topological polar surface area (TPSA) is 42.3 Å². The maximum Gasteiger partial charge on any atom is 0.223 e. The normalized spacial score (nSPS) is 19.4. The smallest absolute Gasteiger partial charge is 0.223 e. The van der Waals surface area contributed by atoms with E-state index >= 15 is 0 Å². The van der Waals surface area contributed by atoms with Crippen LogP contribution in [0.5, 0.6) is 5.75 Å². The Morgan fingerprint density at radius 2 is 2.36 bits per heavy atom. The zero-order chi connectivity index (χ0) is 9.97. The minimum absolute atomic E-state index is 0.187. The van der Waals surface area contributed by atoms with Gasteiger partial charge in [-0.2, -0.15) is 0 Å². The van der Waals surface area contributed by atoms with E-state index in [1.165, 1.54) is 7.11 Å². The van der Waals surface area contributed by atoms with Crippen LogP contribution in [0.4, 0.5) is 0 Å². The number of hydrogen-bond acceptors (Lipinski definition) is 4. The maximum atomic E-state index is 7.51. The van der Waals surface area contributed by atoms with Gasteiger partial charge < -0.3 is 9.47 Å². The quantitative estimate of drug-likeness (QED) is 0.569. The lowest BCUT2D eigenvalue weighted by Gasteiger charge is -2.24. The molecule has 1 heterocycles. The number of fused-ring (bicyclic) bond motifs is 1. The summed E-state index contributed by atoms with van der Waals surface area (Å²) in [6.07, 6.45) is -0.250. The number of nitrogens with one attached hydrogen (secondary N) is 1. The van der Waals surface area contributed by atoms with Crippen molar-refractivity contribution in [2.24, 2.45) is 0 Å². The summed E-state index contributed by atoms with van der Waals surface area (Å²) in [6.45, 7) is 0. The predicted molar refractivity (Wildman–Crippen MR) is 56.3 cm³/mol. The molecule has 0 amide bonds. The van der Waals surface area contributed by atoms with Gasteiger partial charge >= 0.3 is 0 Å². The molecule has 0 radical (unpaired) electrons. The van der Waals surface area contributed by atoms with E-state index in [1.807, 2.05) is 24.3 Å². The Kier molecular flexibility index (Phi) is 2.63. The number of methoxy groups -OCH3 is 1. The molecule has 14 heavy (non-hydrogen) atoms. The summed E-state index contributed by atoms with van der Waals surface area (Å²) < 4.78 is 10.5. The fourth-order valence-electron chi connectivity index (χ4n) is 1.28. The minimum Gasteiger partial charge on any atom is -0.482 e. The first-order valence-electron chi connectivity index (χ1n) is 4.32. The second-order valence-electron chi connectivity index (χ2n) is 2.93. The molecule has 1 atom stereocenters. The van der Waals surface area contributed by atoms with Crippen molar-refractivity contribution in [3.05, 3.63) is 24.3 Å². The molecule has 2 rings (SSSR count). The van der Waals surface area contributed by atoms with Gasteiger partial charge in [-0.15, -0.1) is 11.8 Å². The van der Waals surface area contributed by atoms with E-state index in [2.05, 4.69) is 0 Å².